The number of thiazole rings is 1. The third-order valence-electron chi connectivity index (χ3n) is 4.91. The molecule has 8 nitrogen and oxygen atoms in total. The number of aromatic nitrogens is 1. The van der Waals surface area contributed by atoms with Crippen LogP contribution in [0.25, 0.3) is 0 Å². The average molecular weight is 557 g/mol. The molecule has 13 heteroatoms. The Bertz CT molecular complexity index is 1380. The SMILES string of the molecule is CN(C)Cc1cccc(F)c1CNc1ccc(S(=O)(=O)N(C(=O)OC(C)(C)C)c2cscn2)c(F)c1F. The second-order valence-corrected chi connectivity index (χ2v) is 11.8. The zero-order valence-electron chi connectivity index (χ0n) is 20.9. The first-order valence-electron chi connectivity index (χ1n) is 11.0. The lowest BCUT2D eigenvalue weighted by molar-refractivity contribution is 0.0608. The van der Waals surface area contributed by atoms with Crippen molar-refractivity contribution >= 4 is 39.0 Å². The lowest BCUT2D eigenvalue weighted by Gasteiger charge is -2.26. The first-order chi connectivity index (χ1) is 17.2. The smallest absolute Gasteiger partial charge is 0.430 e. The van der Waals surface area contributed by atoms with Crippen LogP contribution in [0.4, 0.5) is 29.5 Å². The van der Waals surface area contributed by atoms with Crippen LogP contribution in [0, 0.1) is 17.5 Å². The largest absolute Gasteiger partial charge is 0.443 e. The molecule has 3 aromatic rings. The summed E-state index contributed by atoms with van der Waals surface area (Å²) in [4.78, 5) is 17.3. The van der Waals surface area contributed by atoms with Crippen molar-refractivity contribution in [2.75, 3.05) is 23.7 Å². The highest BCUT2D eigenvalue weighted by Crippen LogP contribution is 2.31. The third kappa shape index (κ3) is 6.59. The Hall–Kier alpha value is -3.16. The minimum Gasteiger partial charge on any atom is -0.443 e. The Balaban J connectivity index is 1.95. The summed E-state index contributed by atoms with van der Waals surface area (Å²) in [6.45, 7) is 4.81. The molecule has 3 rings (SSSR count). The molecule has 0 atom stereocenters. The van der Waals surface area contributed by atoms with Crippen molar-refractivity contribution in [2.24, 2.45) is 0 Å². The van der Waals surface area contributed by atoms with Gasteiger partial charge in [0.2, 0.25) is 0 Å². The number of nitrogens with one attached hydrogen (secondary N) is 1. The quantitative estimate of drug-likeness (QED) is 0.399. The van der Waals surface area contributed by atoms with Crippen LogP contribution < -0.4 is 9.62 Å². The molecule has 2 aromatic carbocycles. The van der Waals surface area contributed by atoms with E-state index in [2.05, 4.69) is 10.3 Å². The van der Waals surface area contributed by atoms with Crippen LogP contribution in [0.5, 0.6) is 0 Å². The molecular weight excluding hydrogens is 529 g/mol. The van der Waals surface area contributed by atoms with Crippen molar-refractivity contribution in [3.8, 4) is 0 Å². The van der Waals surface area contributed by atoms with Gasteiger partial charge in [0.25, 0.3) is 10.0 Å². The lowest BCUT2D eigenvalue weighted by atomic mass is 10.1. The summed E-state index contributed by atoms with van der Waals surface area (Å²) in [5.74, 6) is -4.07. The second-order valence-electron chi connectivity index (χ2n) is 9.30. The molecule has 200 valence electrons. The van der Waals surface area contributed by atoms with Crippen LogP contribution in [-0.2, 0) is 27.8 Å². The minimum atomic E-state index is -4.96. The number of rotatable bonds is 8. The van der Waals surface area contributed by atoms with Crippen LogP contribution in [0.15, 0.2) is 46.1 Å². The summed E-state index contributed by atoms with van der Waals surface area (Å²) < 4.78 is 76.6. The molecular formula is C24H27F3N4O4S2. The van der Waals surface area contributed by atoms with Crippen LogP contribution >= 0.6 is 11.3 Å². The predicted octanol–water partition coefficient (Wildman–Crippen LogP) is 5.36. The Kier molecular flexibility index (Phi) is 8.50. The van der Waals surface area contributed by atoms with Crippen molar-refractivity contribution in [3.63, 3.8) is 0 Å². The van der Waals surface area contributed by atoms with Crippen molar-refractivity contribution in [3.05, 3.63) is 69.8 Å². The van der Waals surface area contributed by atoms with E-state index in [1.165, 1.54) is 37.7 Å². The molecule has 1 amide bonds. The normalized spacial score (nSPS) is 12.0. The van der Waals surface area contributed by atoms with E-state index >= 15 is 8.78 Å². The maximum absolute atomic E-state index is 15.1. The summed E-state index contributed by atoms with van der Waals surface area (Å²) in [6, 6.07) is 6.35. The fourth-order valence-electron chi connectivity index (χ4n) is 3.36. The van der Waals surface area contributed by atoms with Crippen molar-refractivity contribution in [1.29, 1.82) is 0 Å². The van der Waals surface area contributed by atoms with E-state index in [4.69, 9.17) is 4.74 Å². The molecule has 1 N–H and O–H groups in total. The molecule has 0 aliphatic rings. The number of carbonyl (C=O) groups excluding carboxylic acids is 1. The molecule has 1 aromatic heterocycles. The Labute approximate surface area is 217 Å². The molecule has 0 aliphatic heterocycles. The van der Waals surface area contributed by atoms with Crippen LogP contribution in [0.3, 0.4) is 0 Å². The second kappa shape index (κ2) is 11.1. The van der Waals surface area contributed by atoms with Gasteiger partial charge in [-0.05, 0) is 58.6 Å². The van der Waals surface area contributed by atoms with Crippen molar-refractivity contribution in [1.82, 2.24) is 9.88 Å². The molecule has 0 radical (unpaired) electrons. The number of hydrogen-bond donors (Lipinski definition) is 1. The Morgan fingerprint density at radius 2 is 1.81 bits per heavy atom. The first-order valence-corrected chi connectivity index (χ1v) is 13.4. The minimum absolute atomic E-state index is 0.179. The van der Waals surface area contributed by atoms with E-state index in [-0.39, 0.29) is 27.9 Å². The van der Waals surface area contributed by atoms with E-state index < -0.39 is 44.1 Å². The summed E-state index contributed by atoms with van der Waals surface area (Å²) >= 11 is 0.998. The molecule has 0 saturated carbocycles. The number of benzene rings is 2. The standard InChI is InChI=1S/C24H27F3N4O4S2/c1-24(2,3)35-23(32)31(20-13-36-14-29-20)37(33,34)19-10-9-18(21(26)22(19)27)28-11-16-15(12-30(4)5)7-6-8-17(16)25/h6-10,13-14,28H,11-12H2,1-5H3. The average Bonchev–Trinajstić information content (AvgIpc) is 3.28. The summed E-state index contributed by atoms with van der Waals surface area (Å²) in [5, 5.41) is 3.88. The highest BCUT2D eigenvalue weighted by Gasteiger charge is 2.38. The highest BCUT2D eigenvalue weighted by molar-refractivity contribution is 7.93. The summed E-state index contributed by atoms with van der Waals surface area (Å²) in [6.07, 6.45) is -1.33. The maximum atomic E-state index is 15.1. The van der Waals surface area contributed by atoms with Gasteiger partial charge >= 0.3 is 6.09 Å². The molecule has 0 bridgehead atoms. The van der Waals surface area contributed by atoms with E-state index in [1.807, 2.05) is 19.0 Å². The topological polar surface area (TPSA) is 91.8 Å². The van der Waals surface area contributed by atoms with Crippen LogP contribution in [0.2, 0.25) is 0 Å². The monoisotopic (exact) mass is 556 g/mol. The molecule has 37 heavy (non-hydrogen) atoms. The van der Waals surface area contributed by atoms with Crippen LogP contribution in [-0.4, -0.2) is 44.1 Å². The van der Waals surface area contributed by atoms with Gasteiger partial charge in [0.05, 0.1) is 11.2 Å². The fraction of sp³-hybridized carbons (Fsp3) is 0.333. The highest BCUT2D eigenvalue weighted by atomic mass is 32.2. The molecule has 0 fully saturated rings. The van der Waals surface area contributed by atoms with E-state index in [9.17, 15) is 17.6 Å². The summed E-state index contributed by atoms with van der Waals surface area (Å²) in [5.41, 5.74) is 0.727. The number of nitrogens with zero attached hydrogens (tertiary/aromatic N) is 3. The van der Waals surface area contributed by atoms with Gasteiger partial charge in [-0.1, -0.05) is 12.1 Å². The van der Waals surface area contributed by atoms with Gasteiger partial charge in [-0.25, -0.2) is 31.4 Å². The van der Waals surface area contributed by atoms with Gasteiger partial charge < -0.3 is 15.0 Å². The zero-order chi connectivity index (χ0) is 27.5. The molecule has 0 aliphatic carbocycles. The van der Waals surface area contributed by atoms with Crippen LogP contribution in [0.1, 0.15) is 31.9 Å². The number of hydrogen-bond acceptors (Lipinski definition) is 8. The third-order valence-corrected chi connectivity index (χ3v) is 7.17. The number of anilines is 2. The molecule has 0 unspecified atom stereocenters. The van der Waals surface area contributed by atoms with Gasteiger partial charge in [0.15, 0.2) is 17.5 Å². The number of halogens is 3. The first kappa shape index (κ1) is 28.4. The van der Waals surface area contributed by atoms with E-state index in [0.717, 1.165) is 23.5 Å². The van der Waals surface area contributed by atoms with E-state index in [1.54, 1.807) is 12.1 Å². The summed E-state index contributed by atoms with van der Waals surface area (Å²) in [7, 11) is -1.35. The molecule has 0 spiro atoms. The Morgan fingerprint density at radius 1 is 1.11 bits per heavy atom. The van der Waals surface area contributed by atoms with Gasteiger partial charge in [-0.2, -0.15) is 0 Å². The Morgan fingerprint density at radius 3 is 2.41 bits per heavy atom. The number of sulfonamides is 1. The van der Waals surface area contributed by atoms with Gasteiger partial charge in [0, 0.05) is 24.0 Å². The molecule has 0 saturated heterocycles. The van der Waals surface area contributed by atoms with Gasteiger partial charge in [-0.3, -0.25) is 0 Å². The number of carbonyl (C=O) groups is 1. The zero-order valence-corrected chi connectivity index (χ0v) is 22.5. The van der Waals surface area contributed by atoms with E-state index in [0.29, 0.717) is 12.1 Å². The van der Waals surface area contributed by atoms with Gasteiger partial charge in [-0.15, -0.1) is 15.6 Å². The molecule has 1 heterocycles. The van der Waals surface area contributed by atoms with Gasteiger partial charge in [0.1, 0.15) is 16.3 Å². The number of amides is 1. The lowest BCUT2D eigenvalue weighted by Crippen LogP contribution is -2.41. The number of ether oxygens (including phenoxy) is 1. The van der Waals surface area contributed by atoms with Crippen molar-refractivity contribution < 1.29 is 31.1 Å². The maximum Gasteiger partial charge on any atom is 0.430 e. The predicted molar refractivity (Wildman–Crippen MR) is 135 cm³/mol. The fourth-order valence-corrected chi connectivity index (χ4v) is 5.28. The van der Waals surface area contributed by atoms with Crippen molar-refractivity contribution in [2.45, 2.75) is 44.4 Å².